The normalized spacial score (nSPS) is 14.1. The van der Waals surface area contributed by atoms with E-state index in [1.54, 1.807) is 19.6 Å². The fourth-order valence-corrected chi connectivity index (χ4v) is 10.2. The minimum absolute atomic E-state index is 0.0147. The fourth-order valence-electron chi connectivity index (χ4n) is 10.2. The number of rotatable bonds is 68. The second-order valence-electron chi connectivity index (χ2n) is 25.6. The average Bonchev–Trinajstić information content (AvgIpc) is 0.904. The van der Waals surface area contributed by atoms with Crippen molar-refractivity contribution in [1.29, 1.82) is 0 Å². The maximum atomic E-state index is 13.4. The number of unbranched alkanes of at least 4 members (excludes halogenated alkanes) is 3. The van der Waals surface area contributed by atoms with Gasteiger partial charge in [-0.25, -0.2) is 0 Å². The molecular formula is C68H122N16O26. The lowest BCUT2D eigenvalue weighted by atomic mass is 10.1. The van der Waals surface area contributed by atoms with Crippen molar-refractivity contribution in [1.82, 2.24) is 72.8 Å². The summed E-state index contributed by atoms with van der Waals surface area (Å²) in [7, 11) is 0. The van der Waals surface area contributed by atoms with Gasteiger partial charge in [-0.05, 0) is 78.1 Å². The van der Waals surface area contributed by atoms with Crippen LogP contribution in [-0.4, -0.2) is 378 Å². The third-order valence-corrected chi connectivity index (χ3v) is 15.9. The number of Topliss-reactive ketones (excluding diaryl/α,β-unsaturated/α-hetero) is 2. The van der Waals surface area contributed by atoms with Crippen molar-refractivity contribution in [2.75, 3.05) is 237 Å². The second kappa shape index (κ2) is 65.6. The van der Waals surface area contributed by atoms with Crippen molar-refractivity contribution in [3.63, 3.8) is 0 Å². The summed E-state index contributed by atoms with van der Waals surface area (Å²) in [6, 6.07) is -2.33. The number of nitrogens with two attached hydrogens (primary N) is 2. The molecule has 1 aliphatic rings. The summed E-state index contributed by atoms with van der Waals surface area (Å²) >= 11 is 0. The van der Waals surface area contributed by atoms with Crippen LogP contribution in [0.5, 0.6) is 0 Å². The molecule has 0 aromatic rings. The summed E-state index contributed by atoms with van der Waals surface area (Å²) in [4.78, 5) is 188. The third-order valence-electron chi connectivity index (χ3n) is 15.9. The van der Waals surface area contributed by atoms with Gasteiger partial charge in [-0.15, -0.1) is 0 Å². The van der Waals surface area contributed by atoms with Gasteiger partial charge >= 0.3 is 17.9 Å². The van der Waals surface area contributed by atoms with Gasteiger partial charge in [0, 0.05) is 111 Å². The largest absolute Gasteiger partial charge is 0.480 e. The lowest BCUT2D eigenvalue weighted by Crippen LogP contribution is -2.50. The van der Waals surface area contributed by atoms with Crippen LogP contribution in [-0.2, 0) is 110 Å². The number of carboxylic acids is 3. The van der Waals surface area contributed by atoms with Crippen molar-refractivity contribution in [2.24, 2.45) is 11.5 Å². The number of hydrogen-bond acceptors (Lipinski definition) is 29. The molecule has 0 spiro atoms. The van der Waals surface area contributed by atoms with E-state index in [2.05, 4.69) is 53.2 Å². The first kappa shape index (κ1) is 99.9. The van der Waals surface area contributed by atoms with E-state index in [-0.39, 0.29) is 290 Å². The topological polar surface area (TPSA) is 576 Å². The molecule has 0 unspecified atom stereocenters. The first-order valence-corrected chi connectivity index (χ1v) is 37.1. The highest BCUT2D eigenvalue weighted by Gasteiger charge is 2.24. The molecule has 1 heterocycles. The minimum Gasteiger partial charge on any atom is -0.480 e. The molecule has 0 aromatic heterocycles. The molecule has 10 amide bonds. The van der Waals surface area contributed by atoms with E-state index >= 15 is 0 Å². The molecule has 42 nitrogen and oxygen atoms in total. The number of aliphatic carboxylic acids is 3. The van der Waals surface area contributed by atoms with Crippen LogP contribution in [0.4, 0.5) is 0 Å². The zero-order valence-corrected chi connectivity index (χ0v) is 63.8. The van der Waals surface area contributed by atoms with E-state index in [0.717, 1.165) is 0 Å². The molecule has 0 radical (unpaired) electrons. The lowest BCUT2D eigenvalue weighted by molar-refractivity contribution is -0.140. The Morgan fingerprint density at radius 1 is 0.327 bits per heavy atom. The van der Waals surface area contributed by atoms with Crippen molar-refractivity contribution < 1.29 is 125 Å². The number of carbonyl (C=O) groups is 15. The van der Waals surface area contributed by atoms with Gasteiger partial charge < -0.3 is 107 Å². The zero-order valence-electron chi connectivity index (χ0n) is 63.8. The van der Waals surface area contributed by atoms with Gasteiger partial charge in [-0.3, -0.25) is 102 Å². The number of nitrogens with zero attached hydrogens (tertiary/aromatic N) is 4. The highest BCUT2D eigenvalue weighted by Crippen LogP contribution is 2.07. The van der Waals surface area contributed by atoms with Crippen LogP contribution in [0, 0.1) is 0 Å². The van der Waals surface area contributed by atoms with E-state index in [4.69, 9.17) is 49.4 Å². The van der Waals surface area contributed by atoms with Gasteiger partial charge in [0.05, 0.1) is 117 Å². The molecule has 3 atom stereocenters. The van der Waals surface area contributed by atoms with Gasteiger partial charge in [-0.1, -0.05) is 0 Å². The number of primary amides is 2. The predicted molar refractivity (Wildman–Crippen MR) is 392 cm³/mol. The van der Waals surface area contributed by atoms with Crippen LogP contribution in [0.2, 0.25) is 0 Å². The minimum atomic E-state index is -1.06. The van der Waals surface area contributed by atoms with Crippen molar-refractivity contribution in [3.8, 4) is 0 Å². The molecule has 0 aliphatic carbocycles. The molecule has 110 heavy (non-hydrogen) atoms. The van der Waals surface area contributed by atoms with Crippen molar-refractivity contribution in [2.45, 2.75) is 109 Å². The number of carboxylic acid groups (broad SMARTS) is 3. The smallest absolute Gasteiger partial charge is 0.317 e. The van der Waals surface area contributed by atoms with Gasteiger partial charge in [0.15, 0.2) is 0 Å². The quantitative estimate of drug-likeness (QED) is 0.0199. The number of nitrogens with one attached hydrogen (secondary N) is 10. The van der Waals surface area contributed by atoms with Crippen LogP contribution in [0.15, 0.2) is 0 Å². The summed E-state index contributed by atoms with van der Waals surface area (Å²) in [6.45, 7) is 5.40. The van der Waals surface area contributed by atoms with Crippen LogP contribution >= 0.6 is 0 Å². The van der Waals surface area contributed by atoms with Crippen molar-refractivity contribution in [3.05, 3.63) is 0 Å². The number of carbonyl (C=O) groups excluding carboxylic acids is 12. The van der Waals surface area contributed by atoms with E-state index in [9.17, 15) is 87.2 Å². The monoisotopic (exact) mass is 1580 g/mol. The molecule has 1 rings (SSSR count). The summed E-state index contributed by atoms with van der Waals surface area (Å²) < 4.78 is 43.0. The zero-order chi connectivity index (χ0) is 81.4. The lowest BCUT2D eigenvalue weighted by Gasteiger charge is -2.32. The predicted octanol–water partition coefficient (Wildman–Crippen LogP) is -7.40. The van der Waals surface area contributed by atoms with Crippen LogP contribution < -0.4 is 64.6 Å². The molecule has 0 aromatic carbocycles. The Balaban J connectivity index is 2.33. The Labute approximate surface area is 641 Å². The Bertz CT molecular complexity index is 2700. The number of hydrogen-bond donors (Lipinski definition) is 15. The Hall–Kier alpha value is -8.11. The molecule has 0 saturated carbocycles. The van der Waals surface area contributed by atoms with Crippen molar-refractivity contribution >= 4 is 88.5 Å². The second-order valence-corrected chi connectivity index (χ2v) is 25.6. The van der Waals surface area contributed by atoms with Crippen LogP contribution in [0.25, 0.3) is 0 Å². The molecular weight excluding hydrogens is 1460 g/mol. The van der Waals surface area contributed by atoms with Crippen LogP contribution in [0.3, 0.4) is 0 Å². The first-order chi connectivity index (χ1) is 52.7. The maximum Gasteiger partial charge on any atom is 0.317 e. The Morgan fingerprint density at radius 2 is 0.636 bits per heavy atom. The van der Waals surface area contributed by atoms with E-state index in [0.29, 0.717) is 57.9 Å². The Kier molecular flexibility index (Phi) is 59.6. The van der Waals surface area contributed by atoms with Crippen LogP contribution in [0.1, 0.15) is 90.9 Å². The molecule has 1 aliphatic heterocycles. The summed E-state index contributed by atoms with van der Waals surface area (Å²) in [6.07, 6.45) is 4.43. The van der Waals surface area contributed by atoms with E-state index in [1.165, 1.54) is 13.8 Å². The van der Waals surface area contributed by atoms with Gasteiger partial charge in [0.25, 0.3) is 0 Å². The van der Waals surface area contributed by atoms with Gasteiger partial charge in [0.1, 0.15) is 50.8 Å². The molecule has 42 heteroatoms. The Morgan fingerprint density at radius 3 is 1.01 bits per heavy atom. The molecule has 17 N–H and O–H groups in total. The van der Waals surface area contributed by atoms with Gasteiger partial charge in [0.2, 0.25) is 59.1 Å². The number of amides is 10. The number of ketones is 2. The molecule has 630 valence electrons. The first-order valence-electron chi connectivity index (χ1n) is 37.1. The molecule has 1 saturated heterocycles. The standard InChI is InChI=1S/C68H122N16O26/c1-51(85)40-78-53(66(69)100)10-3-6-16-72-59(90)46-106-37-36-105-32-20-75-60(91)47-107-38-34-103-30-18-73-57(88)14-9-13-56(87)71-15-7-5-12-55(68(102)77-17-8-4-11-54(67(70)101)79-41-52(2)86)80-62(93)49-110-50-109-33-21-76-61(92)48-108-39-35-104-31-19-74-58(89)42-81-22-24-82(43-63(94)95)26-28-84(45-65(98)99)29-27-83(25-23-81)44-64(96)97/h53-55,78-79H,3-50H2,1-2H3,(H2,69,100)(H2,70,101)(H,71,87)(H,72,90)(H,73,88)(H,74,89)(H,75,91)(H,76,92)(H,77,102)(H,80,93)(H,94,95)(H,96,97)(H,98,99)/t53-,54+,55-/m0/s1. The molecule has 1 fully saturated rings. The summed E-state index contributed by atoms with van der Waals surface area (Å²) in [5.74, 6) is -7.72. The maximum absolute atomic E-state index is 13.4. The SMILES string of the molecule is CC(=O)CN[C@@H](CCCCNC(=O)COCCOCCNC(=O)COCCOCCNC(=O)CCCC(=O)NCCCC[C@H](NC(=O)COCOCCNC(=O)COCCOCCNC(=O)CN1CCN(CC(=O)O)CCN(CC(=O)O)CCN(CC(=O)O)CC1)C(=O)NCCCC[C@@H](NCC(C)=O)C(N)=O)C(N)=O. The average molecular weight is 1580 g/mol. The fraction of sp³-hybridized carbons (Fsp3) is 0.779. The van der Waals surface area contributed by atoms with Gasteiger partial charge in [-0.2, -0.15) is 0 Å². The summed E-state index contributed by atoms with van der Waals surface area (Å²) in [5, 5.41) is 55.6. The number of ether oxygens (including phenoxy) is 8. The summed E-state index contributed by atoms with van der Waals surface area (Å²) in [5.41, 5.74) is 10.8. The molecule has 0 bridgehead atoms. The highest BCUT2D eigenvalue weighted by atomic mass is 16.7. The van der Waals surface area contributed by atoms with E-state index in [1.807, 2.05) is 0 Å². The highest BCUT2D eigenvalue weighted by molar-refractivity contribution is 5.88. The van der Waals surface area contributed by atoms with E-state index < -0.39 is 72.2 Å². The third kappa shape index (κ3) is 60.7.